The number of carbonyl (C=O) groups is 2. The molecule has 2 rings (SSSR count). The third-order valence-corrected chi connectivity index (χ3v) is 4.90. The van der Waals surface area contributed by atoms with Crippen LogP contribution in [0.5, 0.6) is 11.5 Å². The van der Waals surface area contributed by atoms with Gasteiger partial charge in [0.1, 0.15) is 0 Å². The zero-order valence-corrected chi connectivity index (χ0v) is 17.1. The SMILES string of the molecule is COc1ccc(C(=O)OCC(=O)Nc2c(Cl)c(Cl)cc(Cl)c2Cl)cc1OC. The number of nitrogens with one attached hydrogen (secondary N) is 1. The van der Waals surface area contributed by atoms with E-state index in [0.717, 1.165) is 0 Å². The molecule has 2 aromatic rings. The molecule has 27 heavy (non-hydrogen) atoms. The van der Waals surface area contributed by atoms with Crippen molar-refractivity contribution in [3.63, 3.8) is 0 Å². The molecular formula is C17H13Cl4NO5. The molecule has 0 fully saturated rings. The number of hydrogen-bond acceptors (Lipinski definition) is 5. The molecule has 1 N–H and O–H groups in total. The number of ether oxygens (including phenoxy) is 3. The lowest BCUT2D eigenvalue weighted by Crippen LogP contribution is -2.21. The van der Waals surface area contributed by atoms with Gasteiger partial charge in [-0.1, -0.05) is 46.4 Å². The van der Waals surface area contributed by atoms with E-state index in [1.807, 2.05) is 0 Å². The van der Waals surface area contributed by atoms with Crippen LogP contribution in [0.1, 0.15) is 10.4 Å². The molecule has 0 saturated carbocycles. The minimum Gasteiger partial charge on any atom is -0.493 e. The predicted molar refractivity (Wildman–Crippen MR) is 105 cm³/mol. The Balaban J connectivity index is 2.05. The predicted octanol–water partition coefficient (Wildman–Crippen LogP) is 5.11. The first-order valence-electron chi connectivity index (χ1n) is 7.30. The second kappa shape index (κ2) is 9.37. The molecule has 144 valence electrons. The van der Waals surface area contributed by atoms with Crippen molar-refractivity contribution in [2.75, 3.05) is 26.1 Å². The van der Waals surface area contributed by atoms with Crippen molar-refractivity contribution in [2.24, 2.45) is 0 Å². The summed E-state index contributed by atoms with van der Waals surface area (Å²) in [7, 11) is 2.91. The van der Waals surface area contributed by atoms with Crippen LogP contribution in [0.2, 0.25) is 20.1 Å². The van der Waals surface area contributed by atoms with Gasteiger partial charge in [-0.05, 0) is 24.3 Å². The molecule has 1 amide bonds. The minimum atomic E-state index is -0.729. The van der Waals surface area contributed by atoms with Crippen molar-refractivity contribution in [1.29, 1.82) is 0 Å². The molecule has 0 aromatic heterocycles. The third-order valence-electron chi connectivity index (χ3n) is 3.33. The molecule has 0 unspecified atom stereocenters. The topological polar surface area (TPSA) is 73.9 Å². The van der Waals surface area contributed by atoms with Gasteiger partial charge in [-0.25, -0.2) is 4.79 Å². The first kappa shape index (κ1) is 21.4. The fraction of sp³-hybridized carbons (Fsp3) is 0.176. The number of esters is 1. The molecule has 2 aromatic carbocycles. The molecule has 0 spiro atoms. The number of anilines is 1. The number of rotatable bonds is 6. The Morgan fingerprint density at radius 3 is 2.07 bits per heavy atom. The van der Waals surface area contributed by atoms with E-state index in [-0.39, 0.29) is 31.3 Å². The van der Waals surface area contributed by atoms with Gasteiger partial charge in [-0.2, -0.15) is 0 Å². The summed E-state index contributed by atoms with van der Waals surface area (Å²) in [6.45, 7) is -0.579. The zero-order chi connectivity index (χ0) is 20.1. The summed E-state index contributed by atoms with van der Waals surface area (Å²) in [5.74, 6) is -0.601. The van der Waals surface area contributed by atoms with Gasteiger partial charge in [-0.15, -0.1) is 0 Å². The van der Waals surface area contributed by atoms with Crippen molar-refractivity contribution in [2.45, 2.75) is 0 Å². The largest absolute Gasteiger partial charge is 0.493 e. The third kappa shape index (κ3) is 5.11. The van der Waals surface area contributed by atoms with Gasteiger partial charge in [-0.3, -0.25) is 4.79 Å². The molecule has 0 atom stereocenters. The van der Waals surface area contributed by atoms with Crippen molar-refractivity contribution in [1.82, 2.24) is 0 Å². The number of methoxy groups -OCH3 is 2. The summed E-state index contributed by atoms with van der Waals surface area (Å²) in [5.41, 5.74) is 0.213. The first-order chi connectivity index (χ1) is 12.8. The lowest BCUT2D eigenvalue weighted by atomic mass is 10.2. The maximum absolute atomic E-state index is 12.1. The van der Waals surface area contributed by atoms with Gasteiger partial charge in [0.05, 0.1) is 45.6 Å². The zero-order valence-electron chi connectivity index (χ0n) is 14.1. The van der Waals surface area contributed by atoms with E-state index in [1.165, 1.54) is 32.4 Å². The highest BCUT2D eigenvalue weighted by Gasteiger charge is 2.18. The molecule has 0 saturated heterocycles. The Kier molecular flexibility index (Phi) is 7.44. The lowest BCUT2D eigenvalue weighted by Gasteiger charge is -2.12. The van der Waals surface area contributed by atoms with Crippen LogP contribution in [0.3, 0.4) is 0 Å². The highest BCUT2D eigenvalue weighted by Crippen LogP contribution is 2.41. The highest BCUT2D eigenvalue weighted by molar-refractivity contribution is 6.50. The van der Waals surface area contributed by atoms with Crippen molar-refractivity contribution >= 4 is 64.0 Å². The van der Waals surface area contributed by atoms with E-state index in [0.29, 0.717) is 11.5 Å². The van der Waals surface area contributed by atoms with Gasteiger partial charge >= 0.3 is 5.97 Å². The fourth-order valence-corrected chi connectivity index (χ4v) is 2.94. The average molecular weight is 453 g/mol. The summed E-state index contributed by atoms with van der Waals surface area (Å²) >= 11 is 23.8. The van der Waals surface area contributed by atoms with Crippen LogP contribution in [-0.2, 0) is 9.53 Å². The highest BCUT2D eigenvalue weighted by atomic mass is 35.5. The molecule has 0 radical (unpaired) electrons. The number of amides is 1. The quantitative estimate of drug-likeness (QED) is 0.486. The monoisotopic (exact) mass is 451 g/mol. The summed E-state index contributed by atoms with van der Waals surface area (Å²) in [6.07, 6.45) is 0. The van der Waals surface area contributed by atoms with Crippen LogP contribution in [-0.4, -0.2) is 32.7 Å². The van der Waals surface area contributed by atoms with E-state index in [4.69, 9.17) is 60.6 Å². The standard InChI is InChI=1S/C17H13Cl4NO5/c1-25-11-4-3-8(5-12(11)26-2)17(24)27-7-13(23)22-16-14(20)9(18)6-10(19)15(16)21/h3-6H,7H2,1-2H3,(H,22,23). The number of benzene rings is 2. The van der Waals surface area contributed by atoms with E-state index in [9.17, 15) is 9.59 Å². The van der Waals surface area contributed by atoms with Gasteiger partial charge < -0.3 is 19.5 Å². The maximum atomic E-state index is 12.1. The summed E-state index contributed by atoms with van der Waals surface area (Å²) in [5, 5.41) is 2.68. The van der Waals surface area contributed by atoms with E-state index < -0.39 is 18.5 Å². The van der Waals surface area contributed by atoms with Crippen LogP contribution in [0.15, 0.2) is 24.3 Å². The van der Waals surface area contributed by atoms with Crippen LogP contribution in [0.4, 0.5) is 5.69 Å². The minimum absolute atomic E-state index is 0.0191. The summed E-state index contributed by atoms with van der Waals surface area (Å²) in [4.78, 5) is 24.2. The Morgan fingerprint density at radius 2 is 1.52 bits per heavy atom. The number of halogens is 4. The molecule has 0 aliphatic carbocycles. The van der Waals surface area contributed by atoms with Crippen molar-refractivity contribution < 1.29 is 23.8 Å². The van der Waals surface area contributed by atoms with Crippen LogP contribution in [0, 0.1) is 0 Å². The van der Waals surface area contributed by atoms with Crippen molar-refractivity contribution in [3.8, 4) is 11.5 Å². The molecular weight excluding hydrogens is 440 g/mol. The van der Waals surface area contributed by atoms with Crippen LogP contribution >= 0.6 is 46.4 Å². The Labute approximate surface area is 175 Å². The normalized spacial score (nSPS) is 10.3. The fourth-order valence-electron chi connectivity index (χ4n) is 2.04. The Morgan fingerprint density at radius 1 is 0.926 bits per heavy atom. The first-order valence-corrected chi connectivity index (χ1v) is 8.81. The molecule has 0 aliphatic rings. The maximum Gasteiger partial charge on any atom is 0.338 e. The van der Waals surface area contributed by atoms with E-state index >= 15 is 0 Å². The lowest BCUT2D eigenvalue weighted by molar-refractivity contribution is -0.119. The number of carbonyl (C=O) groups excluding carboxylic acids is 2. The smallest absolute Gasteiger partial charge is 0.338 e. The average Bonchev–Trinajstić information content (AvgIpc) is 2.67. The molecule has 6 nitrogen and oxygen atoms in total. The second-order valence-electron chi connectivity index (χ2n) is 5.04. The molecule has 0 heterocycles. The van der Waals surface area contributed by atoms with E-state index in [1.54, 1.807) is 6.07 Å². The Bertz CT molecular complexity index is 862. The molecule has 10 heteroatoms. The number of hydrogen-bond donors (Lipinski definition) is 1. The van der Waals surface area contributed by atoms with E-state index in [2.05, 4.69) is 5.32 Å². The molecule has 0 aliphatic heterocycles. The van der Waals surface area contributed by atoms with Gasteiger partial charge in [0.25, 0.3) is 5.91 Å². The van der Waals surface area contributed by atoms with Gasteiger partial charge in [0, 0.05) is 0 Å². The summed E-state index contributed by atoms with van der Waals surface area (Å²) < 4.78 is 15.2. The Hall–Kier alpha value is -1.86. The van der Waals surface area contributed by atoms with Crippen LogP contribution in [0.25, 0.3) is 0 Å². The second-order valence-corrected chi connectivity index (χ2v) is 6.61. The molecule has 0 bridgehead atoms. The van der Waals surface area contributed by atoms with Gasteiger partial charge in [0.15, 0.2) is 18.1 Å². The van der Waals surface area contributed by atoms with Crippen molar-refractivity contribution in [3.05, 3.63) is 49.9 Å². The summed E-state index contributed by atoms with van der Waals surface area (Å²) in [6, 6.07) is 5.80. The van der Waals surface area contributed by atoms with Gasteiger partial charge in [0.2, 0.25) is 0 Å². The van der Waals surface area contributed by atoms with Crippen LogP contribution < -0.4 is 14.8 Å².